The van der Waals surface area contributed by atoms with E-state index in [2.05, 4.69) is 55.4 Å². The molecule has 576 valence electrons. The SMILES string of the molecule is CCC(C)CCCCCCCCCCCCCCCCCCCCC(=O)OC[C@H](COP(=O)(O)OC[C@@H](O)COP(=O)(O)OC[C@@H](COC(=O)CCCCCCCCC(C)CC)OC(=O)CCCCCCCCCCCC(C)C)OC(=O)CCCCCCCCCCCCC(C)C. The van der Waals surface area contributed by atoms with E-state index in [4.69, 9.17) is 37.0 Å². The van der Waals surface area contributed by atoms with Gasteiger partial charge < -0.3 is 33.8 Å². The van der Waals surface area contributed by atoms with Crippen LogP contribution in [0.5, 0.6) is 0 Å². The Bertz CT molecular complexity index is 1910. The van der Waals surface area contributed by atoms with Crippen molar-refractivity contribution in [3.05, 3.63) is 0 Å². The third-order valence-corrected chi connectivity index (χ3v) is 20.7. The van der Waals surface area contributed by atoms with Crippen molar-refractivity contribution in [1.82, 2.24) is 0 Å². The number of rotatable bonds is 75. The van der Waals surface area contributed by atoms with Crippen LogP contribution in [0.25, 0.3) is 0 Å². The van der Waals surface area contributed by atoms with Crippen LogP contribution >= 0.6 is 15.6 Å². The minimum Gasteiger partial charge on any atom is -0.462 e. The zero-order chi connectivity index (χ0) is 71.7. The highest BCUT2D eigenvalue weighted by Gasteiger charge is 2.30. The van der Waals surface area contributed by atoms with Crippen LogP contribution in [0.15, 0.2) is 0 Å². The molecule has 0 aliphatic rings. The van der Waals surface area contributed by atoms with E-state index in [0.717, 1.165) is 120 Å². The Balaban J connectivity index is 5.18. The number of hydrogen-bond donors (Lipinski definition) is 3. The van der Waals surface area contributed by atoms with Gasteiger partial charge in [-0.2, -0.15) is 0 Å². The Morgan fingerprint density at radius 1 is 0.289 bits per heavy atom. The quantitative estimate of drug-likeness (QED) is 0.0222. The first-order valence-electron chi connectivity index (χ1n) is 40.3. The number of phosphoric ester groups is 2. The minimum atomic E-state index is -4.96. The van der Waals surface area contributed by atoms with Crippen molar-refractivity contribution in [2.45, 2.75) is 414 Å². The Morgan fingerprint density at radius 2 is 0.495 bits per heavy atom. The normalized spacial score (nSPS) is 14.6. The fraction of sp³-hybridized carbons (Fsp3) is 0.949. The van der Waals surface area contributed by atoms with Crippen molar-refractivity contribution < 1.29 is 80.2 Å². The third-order valence-electron chi connectivity index (χ3n) is 18.8. The van der Waals surface area contributed by atoms with E-state index in [1.807, 2.05) is 0 Å². The molecule has 3 N–H and O–H groups in total. The molecular weight excluding hydrogens is 1270 g/mol. The summed E-state index contributed by atoms with van der Waals surface area (Å²) in [5.41, 5.74) is 0. The standard InChI is InChI=1S/C78H152O17P2/c1-9-70(7)56-48-40-32-26-19-17-15-13-11-12-14-16-18-20-27-33-42-50-58-75(80)88-64-73(94-77(82)60-52-44-34-28-22-21-24-30-38-46-54-68(3)4)66-92-96(84,85)90-62-72(79)63-91-97(86,87)93-67-74(65-89-76(81)59-51-43-37-36-41-49-57-71(8)10-2)95-78(83)61-53-45-35-29-23-25-31-39-47-55-69(5)6/h68-74,79H,9-67H2,1-8H3,(H,84,85)(H,86,87)/t70?,71?,72-,73-,74-/m1/s1. The van der Waals surface area contributed by atoms with E-state index in [9.17, 15) is 43.2 Å². The number of aliphatic hydroxyl groups excluding tert-OH is 1. The molecule has 0 heterocycles. The smallest absolute Gasteiger partial charge is 0.462 e. The molecule has 0 fully saturated rings. The van der Waals surface area contributed by atoms with Crippen LogP contribution in [0.3, 0.4) is 0 Å². The summed E-state index contributed by atoms with van der Waals surface area (Å²) < 4.78 is 68.5. The van der Waals surface area contributed by atoms with E-state index >= 15 is 0 Å². The molecule has 0 aliphatic heterocycles. The lowest BCUT2D eigenvalue weighted by atomic mass is 9.99. The molecule has 4 unspecified atom stereocenters. The Labute approximate surface area is 594 Å². The summed E-state index contributed by atoms with van der Waals surface area (Å²) in [5.74, 6) is 0.972. The number of carbonyl (C=O) groups excluding carboxylic acids is 4. The number of phosphoric acid groups is 2. The van der Waals surface area contributed by atoms with Crippen LogP contribution in [-0.4, -0.2) is 96.7 Å². The van der Waals surface area contributed by atoms with Gasteiger partial charge in [-0.3, -0.25) is 37.3 Å². The van der Waals surface area contributed by atoms with Crippen molar-refractivity contribution in [2.24, 2.45) is 23.7 Å². The van der Waals surface area contributed by atoms with Gasteiger partial charge in [-0.25, -0.2) is 9.13 Å². The number of carbonyl (C=O) groups is 4. The van der Waals surface area contributed by atoms with Gasteiger partial charge in [0.15, 0.2) is 12.2 Å². The second-order valence-electron chi connectivity index (χ2n) is 29.5. The molecule has 17 nitrogen and oxygen atoms in total. The summed E-state index contributed by atoms with van der Waals surface area (Å²) in [4.78, 5) is 72.8. The highest BCUT2D eigenvalue weighted by atomic mass is 31.2. The van der Waals surface area contributed by atoms with Crippen molar-refractivity contribution in [1.29, 1.82) is 0 Å². The molecular formula is C78H152O17P2. The van der Waals surface area contributed by atoms with Crippen LogP contribution in [0.2, 0.25) is 0 Å². The fourth-order valence-electron chi connectivity index (χ4n) is 11.8. The predicted molar refractivity (Wildman–Crippen MR) is 395 cm³/mol. The molecule has 0 saturated carbocycles. The predicted octanol–water partition coefficient (Wildman–Crippen LogP) is 22.8. The monoisotopic (exact) mass is 1420 g/mol. The van der Waals surface area contributed by atoms with E-state index in [1.54, 1.807) is 0 Å². The summed E-state index contributed by atoms with van der Waals surface area (Å²) >= 11 is 0. The van der Waals surface area contributed by atoms with Gasteiger partial charge in [0.2, 0.25) is 0 Å². The molecule has 0 saturated heterocycles. The number of aliphatic hydroxyl groups is 1. The van der Waals surface area contributed by atoms with E-state index in [1.165, 1.54) is 193 Å². The number of esters is 4. The molecule has 0 radical (unpaired) electrons. The lowest BCUT2D eigenvalue weighted by Gasteiger charge is -2.21. The Hall–Kier alpha value is -1.94. The Kier molecular flexibility index (Phi) is 65.9. The van der Waals surface area contributed by atoms with Gasteiger partial charge >= 0.3 is 39.5 Å². The largest absolute Gasteiger partial charge is 0.472 e. The summed E-state index contributed by atoms with van der Waals surface area (Å²) in [6.07, 6.45) is 52.9. The van der Waals surface area contributed by atoms with E-state index < -0.39 is 97.5 Å². The molecule has 0 spiro atoms. The number of unbranched alkanes of at least 4 members (excludes halogenated alkanes) is 39. The second-order valence-corrected chi connectivity index (χ2v) is 32.4. The van der Waals surface area contributed by atoms with Gasteiger partial charge in [0, 0.05) is 25.7 Å². The second kappa shape index (κ2) is 67.2. The third kappa shape index (κ3) is 69.5. The van der Waals surface area contributed by atoms with Crippen molar-refractivity contribution in [2.75, 3.05) is 39.6 Å². The van der Waals surface area contributed by atoms with E-state index in [-0.39, 0.29) is 25.7 Å². The molecule has 0 aromatic heterocycles. The van der Waals surface area contributed by atoms with Crippen molar-refractivity contribution >= 4 is 39.5 Å². The van der Waals surface area contributed by atoms with Crippen LogP contribution < -0.4 is 0 Å². The van der Waals surface area contributed by atoms with Gasteiger partial charge in [0.25, 0.3) is 0 Å². The van der Waals surface area contributed by atoms with Gasteiger partial charge in [-0.05, 0) is 49.4 Å². The highest BCUT2D eigenvalue weighted by Crippen LogP contribution is 2.45. The fourth-order valence-corrected chi connectivity index (χ4v) is 13.4. The molecule has 0 amide bonds. The van der Waals surface area contributed by atoms with Crippen LogP contribution in [0, 0.1) is 23.7 Å². The first kappa shape index (κ1) is 95.1. The number of hydrogen-bond acceptors (Lipinski definition) is 15. The van der Waals surface area contributed by atoms with Crippen LogP contribution in [-0.2, 0) is 65.4 Å². The summed E-state index contributed by atoms with van der Waals surface area (Å²) in [6.45, 7) is 14.2. The molecule has 0 aliphatic carbocycles. The van der Waals surface area contributed by atoms with Crippen LogP contribution in [0.4, 0.5) is 0 Å². The lowest BCUT2D eigenvalue weighted by molar-refractivity contribution is -0.161. The molecule has 0 aromatic carbocycles. The number of ether oxygens (including phenoxy) is 4. The van der Waals surface area contributed by atoms with Gasteiger partial charge in [0.05, 0.1) is 26.4 Å². The first-order chi connectivity index (χ1) is 46.7. The van der Waals surface area contributed by atoms with E-state index in [0.29, 0.717) is 25.7 Å². The molecule has 97 heavy (non-hydrogen) atoms. The molecule has 0 aromatic rings. The summed E-state index contributed by atoms with van der Waals surface area (Å²) in [7, 11) is -9.91. The molecule has 7 atom stereocenters. The molecule has 0 bridgehead atoms. The minimum absolute atomic E-state index is 0.104. The maximum Gasteiger partial charge on any atom is 0.472 e. The highest BCUT2D eigenvalue weighted by molar-refractivity contribution is 7.47. The maximum absolute atomic E-state index is 13.1. The van der Waals surface area contributed by atoms with Crippen molar-refractivity contribution in [3.8, 4) is 0 Å². The lowest BCUT2D eigenvalue weighted by Crippen LogP contribution is -2.30. The van der Waals surface area contributed by atoms with Crippen molar-refractivity contribution in [3.63, 3.8) is 0 Å². The maximum atomic E-state index is 13.1. The van der Waals surface area contributed by atoms with Gasteiger partial charge in [-0.15, -0.1) is 0 Å². The topological polar surface area (TPSA) is 237 Å². The average Bonchev–Trinajstić information content (AvgIpc) is 1.22. The first-order valence-corrected chi connectivity index (χ1v) is 43.3. The summed E-state index contributed by atoms with van der Waals surface area (Å²) in [5, 5.41) is 10.6. The average molecular weight is 1420 g/mol. The zero-order valence-corrected chi connectivity index (χ0v) is 65.5. The molecule has 19 heteroatoms. The molecule has 0 rings (SSSR count). The summed E-state index contributed by atoms with van der Waals surface area (Å²) in [6, 6.07) is 0. The zero-order valence-electron chi connectivity index (χ0n) is 63.7. The van der Waals surface area contributed by atoms with Crippen LogP contribution in [0.1, 0.15) is 396 Å². The van der Waals surface area contributed by atoms with Gasteiger partial charge in [-0.1, -0.05) is 344 Å². The van der Waals surface area contributed by atoms with Gasteiger partial charge in [0.1, 0.15) is 19.3 Å². The Morgan fingerprint density at radius 3 is 0.732 bits per heavy atom.